The summed E-state index contributed by atoms with van der Waals surface area (Å²) in [4.78, 5) is 23.7. The predicted octanol–water partition coefficient (Wildman–Crippen LogP) is -2.22. The number of sulfonamides is 1. The lowest BCUT2D eigenvalue weighted by Gasteiger charge is -2.22. The highest BCUT2D eigenvalue weighted by atomic mass is 32.2. The van der Waals surface area contributed by atoms with Crippen LogP contribution in [-0.4, -0.2) is 149 Å². The number of nitrogen functional groups attached to an aromatic ring is 1. The van der Waals surface area contributed by atoms with Gasteiger partial charge in [0.15, 0.2) is 17.7 Å². The van der Waals surface area contributed by atoms with E-state index in [0.717, 1.165) is 11.9 Å². The summed E-state index contributed by atoms with van der Waals surface area (Å²) < 4.78 is 56.7. The van der Waals surface area contributed by atoms with E-state index < -0.39 is 52.6 Å². The molecule has 1 aliphatic rings. The number of carbonyl (C=O) groups is 1. The first-order chi connectivity index (χ1) is 24.4. The molecule has 1 saturated heterocycles. The van der Waals surface area contributed by atoms with Crippen LogP contribution in [0, 0.1) is 0 Å². The predicted molar refractivity (Wildman–Crippen MR) is 180 cm³/mol. The number of carboxylic acids is 1. The molecule has 0 unspecified atom stereocenters. The van der Waals surface area contributed by atoms with Gasteiger partial charge >= 0.3 is 5.97 Å². The van der Waals surface area contributed by atoms with Gasteiger partial charge in [-0.1, -0.05) is 5.21 Å². The lowest BCUT2D eigenvalue weighted by atomic mass is 9.98. The van der Waals surface area contributed by atoms with Crippen molar-refractivity contribution in [3.8, 4) is 0 Å². The zero-order valence-electron chi connectivity index (χ0n) is 28.5. The summed E-state index contributed by atoms with van der Waals surface area (Å²) >= 11 is 0. The monoisotopic (exact) mass is 743 g/mol. The van der Waals surface area contributed by atoms with E-state index in [2.05, 4.69) is 30.0 Å². The van der Waals surface area contributed by atoms with Crippen molar-refractivity contribution >= 4 is 33.0 Å². The number of imidazole rings is 1. The molecule has 0 saturated carbocycles. The molecule has 286 valence electrons. The second kappa shape index (κ2) is 20.0. The summed E-state index contributed by atoms with van der Waals surface area (Å²) in [6.07, 6.45) is 4.16. The smallest absolute Gasteiger partial charge is 0.320 e. The Hall–Kier alpha value is -3.45. The van der Waals surface area contributed by atoms with Crippen molar-refractivity contribution in [1.29, 1.82) is 0 Å². The molecule has 9 N–H and O–H groups in total. The van der Waals surface area contributed by atoms with E-state index in [1.807, 2.05) is 0 Å². The molecule has 1 fully saturated rings. The number of carboxylic acid groups (broad SMARTS) is 1. The first-order valence-electron chi connectivity index (χ1n) is 16.6. The first kappa shape index (κ1) is 40.3. The van der Waals surface area contributed by atoms with Crippen molar-refractivity contribution in [3.63, 3.8) is 0 Å². The molecule has 6 atom stereocenters. The SMILES string of the molecule is CS(=O)(=O)NCCOCCOCCOCCn1nncc1CCCO[C@@H]1[C@H](O)[C@@H](C[C@@H](N)CC[C@H](N)C(=O)O)O[C@H]1n1cnc2c(N)ncnc21. The van der Waals surface area contributed by atoms with Gasteiger partial charge in [0.25, 0.3) is 0 Å². The van der Waals surface area contributed by atoms with Crippen LogP contribution in [0.4, 0.5) is 5.82 Å². The van der Waals surface area contributed by atoms with E-state index in [0.29, 0.717) is 70.0 Å². The number of aromatic nitrogens is 7. The van der Waals surface area contributed by atoms with E-state index in [9.17, 15) is 18.3 Å². The highest BCUT2D eigenvalue weighted by Gasteiger charge is 2.46. The average Bonchev–Trinajstić information content (AvgIpc) is 3.80. The van der Waals surface area contributed by atoms with Crippen molar-refractivity contribution in [2.45, 2.75) is 75.3 Å². The normalized spacial score (nSPS) is 20.6. The van der Waals surface area contributed by atoms with Gasteiger partial charge in [-0.15, -0.1) is 5.10 Å². The molecule has 0 spiro atoms. The Morgan fingerprint density at radius 2 is 1.78 bits per heavy atom. The fourth-order valence-electron chi connectivity index (χ4n) is 5.43. The van der Waals surface area contributed by atoms with Crippen LogP contribution in [0.15, 0.2) is 18.9 Å². The van der Waals surface area contributed by atoms with Crippen molar-refractivity contribution < 1.29 is 47.1 Å². The van der Waals surface area contributed by atoms with Crippen LogP contribution in [0.25, 0.3) is 11.2 Å². The van der Waals surface area contributed by atoms with Gasteiger partial charge in [-0.2, -0.15) is 0 Å². The molecule has 3 aromatic rings. The molecule has 0 aliphatic carbocycles. The van der Waals surface area contributed by atoms with Gasteiger partial charge in [-0.25, -0.2) is 32.8 Å². The molecule has 51 heavy (non-hydrogen) atoms. The Kier molecular flexibility index (Phi) is 15.8. The second-order valence-electron chi connectivity index (χ2n) is 12.0. The van der Waals surface area contributed by atoms with Crippen LogP contribution in [0.5, 0.6) is 0 Å². The van der Waals surface area contributed by atoms with Crippen molar-refractivity contribution in [2.75, 3.05) is 64.8 Å². The summed E-state index contributed by atoms with van der Waals surface area (Å²) in [7, 11) is -3.22. The maximum atomic E-state index is 11.4. The quantitative estimate of drug-likeness (QED) is 0.0501. The number of aliphatic hydroxyl groups is 1. The van der Waals surface area contributed by atoms with Gasteiger partial charge in [-0.05, 0) is 32.1 Å². The number of nitrogens with zero attached hydrogens (tertiary/aromatic N) is 7. The largest absolute Gasteiger partial charge is 0.480 e. The third-order valence-corrected chi connectivity index (χ3v) is 8.79. The highest BCUT2D eigenvalue weighted by Crippen LogP contribution is 2.36. The summed E-state index contributed by atoms with van der Waals surface area (Å²) in [5.74, 6) is -0.901. The molecule has 4 rings (SSSR count). The minimum Gasteiger partial charge on any atom is -0.480 e. The number of hydrogen-bond acceptors (Lipinski definition) is 17. The Morgan fingerprint density at radius 3 is 2.51 bits per heavy atom. The van der Waals surface area contributed by atoms with E-state index >= 15 is 0 Å². The Labute approximate surface area is 295 Å². The number of nitrogens with one attached hydrogen (secondary N) is 1. The lowest BCUT2D eigenvalue weighted by Crippen LogP contribution is -2.38. The van der Waals surface area contributed by atoms with Gasteiger partial charge in [0.1, 0.15) is 30.1 Å². The number of aliphatic carboxylic acids is 1. The minimum absolute atomic E-state index is 0.185. The van der Waals surface area contributed by atoms with E-state index in [1.165, 1.54) is 12.7 Å². The molecule has 0 radical (unpaired) electrons. The van der Waals surface area contributed by atoms with Crippen molar-refractivity contribution in [3.05, 3.63) is 24.5 Å². The lowest BCUT2D eigenvalue weighted by molar-refractivity contribution is -0.138. The number of rotatable bonds is 25. The van der Waals surface area contributed by atoms with Crippen molar-refractivity contribution in [2.24, 2.45) is 11.5 Å². The number of aryl methyl sites for hydroxylation is 1. The zero-order chi connectivity index (χ0) is 36.8. The van der Waals surface area contributed by atoms with Crippen LogP contribution >= 0.6 is 0 Å². The van der Waals surface area contributed by atoms with E-state index in [-0.39, 0.29) is 38.4 Å². The van der Waals surface area contributed by atoms with Crippen LogP contribution in [0.3, 0.4) is 0 Å². The fourth-order valence-corrected chi connectivity index (χ4v) is 5.89. The second-order valence-corrected chi connectivity index (χ2v) is 13.9. The zero-order valence-corrected chi connectivity index (χ0v) is 29.3. The van der Waals surface area contributed by atoms with Crippen LogP contribution < -0.4 is 21.9 Å². The molecule has 21 nitrogen and oxygen atoms in total. The number of fused-ring (bicyclic) bond motifs is 1. The molecule has 4 heterocycles. The average molecular weight is 744 g/mol. The van der Waals surface area contributed by atoms with Gasteiger partial charge < -0.3 is 51.1 Å². The number of aliphatic hydroxyl groups excluding tert-OH is 1. The molecular weight excluding hydrogens is 694 g/mol. The molecule has 0 amide bonds. The molecular formula is C29H49N11O10S. The van der Waals surface area contributed by atoms with E-state index in [4.69, 9.17) is 46.0 Å². The molecule has 0 bridgehead atoms. The third-order valence-electron chi connectivity index (χ3n) is 8.06. The Bertz CT molecular complexity index is 1610. The van der Waals surface area contributed by atoms with Crippen LogP contribution in [0.2, 0.25) is 0 Å². The molecule has 0 aromatic carbocycles. The summed E-state index contributed by atoms with van der Waals surface area (Å²) in [5, 5.41) is 28.6. The third kappa shape index (κ3) is 12.6. The maximum absolute atomic E-state index is 11.4. The summed E-state index contributed by atoms with van der Waals surface area (Å²) in [6, 6.07) is -1.50. The maximum Gasteiger partial charge on any atom is 0.320 e. The standard InChI is InChI=1S/C29H49N11O10S/c1-51(44,45)37-6-9-46-11-13-48-14-12-47-10-7-40-20(16-36-38-40)3-2-8-49-25-24(41)22(15-19(30)4-5-21(31)29(42)43)50-28(25)39-18-35-23-26(32)33-17-34-27(23)39/h16-19,21-22,24-25,28,37,41H,2-15,30-31H2,1H3,(H,42,43)(H2,32,33,34)/t19-,21-,22+,24+,25+,28+/m0/s1. The number of hydrogen-bond donors (Lipinski definition) is 6. The summed E-state index contributed by atoms with van der Waals surface area (Å²) in [6.45, 7) is 3.10. The van der Waals surface area contributed by atoms with Gasteiger partial charge in [-0.3, -0.25) is 9.36 Å². The molecule has 1 aliphatic heterocycles. The summed E-state index contributed by atoms with van der Waals surface area (Å²) in [5.41, 5.74) is 19.6. The first-order valence-corrected chi connectivity index (χ1v) is 18.5. The minimum atomic E-state index is -3.22. The molecule has 22 heteroatoms. The van der Waals surface area contributed by atoms with Crippen LogP contribution in [0.1, 0.15) is 37.6 Å². The van der Waals surface area contributed by atoms with Gasteiger partial charge in [0.2, 0.25) is 10.0 Å². The number of anilines is 1. The highest BCUT2D eigenvalue weighted by molar-refractivity contribution is 7.88. The number of nitrogens with two attached hydrogens (primary N) is 3. The van der Waals surface area contributed by atoms with Crippen LogP contribution in [-0.2, 0) is 51.5 Å². The van der Waals surface area contributed by atoms with Crippen molar-refractivity contribution in [1.82, 2.24) is 39.2 Å². The van der Waals surface area contributed by atoms with E-state index in [1.54, 1.807) is 15.4 Å². The Morgan fingerprint density at radius 1 is 1.06 bits per heavy atom. The number of ether oxygens (including phenoxy) is 5. The molecule has 3 aromatic heterocycles. The topological polar surface area (TPSA) is 302 Å². The Balaban J connectivity index is 1.21. The fraction of sp³-hybridized carbons (Fsp3) is 0.724. The van der Waals surface area contributed by atoms with Gasteiger partial charge in [0, 0.05) is 19.2 Å². The van der Waals surface area contributed by atoms with Gasteiger partial charge in [0.05, 0.1) is 76.8 Å².